The fourth-order valence-corrected chi connectivity index (χ4v) is 3.08. The summed E-state index contributed by atoms with van der Waals surface area (Å²) in [6, 6.07) is 8.64. The second-order valence-corrected chi connectivity index (χ2v) is 6.22. The van der Waals surface area contributed by atoms with E-state index in [0.29, 0.717) is 32.0 Å². The number of hydrogen-bond donors (Lipinski definition) is 1. The molecule has 1 fully saturated rings. The minimum absolute atomic E-state index is 0.129. The summed E-state index contributed by atoms with van der Waals surface area (Å²) in [4.78, 5) is 35.9. The van der Waals surface area contributed by atoms with Gasteiger partial charge in [0.25, 0.3) is 17.3 Å². The van der Waals surface area contributed by atoms with Gasteiger partial charge in [0, 0.05) is 42.0 Å². The quantitative estimate of drug-likeness (QED) is 0.618. The molecule has 1 amide bonds. The van der Waals surface area contributed by atoms with E-state index in [1.807, 2.05) is 4.90 Å². The molecule has 0 aliphatic carbocycles. The van der Waals surface area contributed by atoms with Crippen molar-refractivity contribution in [2.45, 2.75) is 6.92 Å². The Morgan fingerprint density at radius 2 is 1.75 bits per heavy atom. The lowest BCUT2D eigenvalue weighted by Gasteiger charge is -2.28. The molecule has 1 N–H and O–H groups in total. The molecule has 146 valence electrons. The highest BCUT2D eigenvalue weighted by Crippen LogP contribution is 2.32. The minimum atomic E-state index is -0.574. The van der Waals surface area contributed by atoms with Crippen molar-refractivity contribution < 1.29 is 19.4 Å². The van der Waals surface area contributed by atoms with Crippen LogP contribution in [0.5, 0.6) is 0 Å². The van der Waals surface area contributed by atoms with Crippen molar-refractivity contribution in [1.29, 1.82) is 0 Å². The molecule has 10 nitrogen and oxygen atoms in total. The summed E-state index contributed by atoms with van der Waals surface area (Å²) in [5.41, 5.74) is 0.757. The summed E-state index contributed by atoms with van der Waals surface area (Å²) in [5, 5.41) is 25.1. The summed E-state index contributed by atoms with van der Waals surface area (Å²) < 4.78 is 5.27. The highest BCUT2D eigenvalue weighted by atomic mass is 16.6. The zero-order valence-electron chi connectivity index (χ0n) is 15.1. The second kappa shape index (κ2) is 8.01. The van der Waals surface area contributed by atoms with Gasteiger partial charge in [0.1, 0.15) is 5.69 Å². The molecule has 10 heteroatoms. The van der Waals surface area contributed by atoms with E-state index in [4.69, 9.17) is 4.74 Å². The summed E-state index contributed by atoms with van der Waals surface area (Å²) in [6.07, 6.45) is 0. The molecule has 3 rings (SSSR count). The average molecular weight is 386 g/mol. The first-order valence-electron chi connectivity index (χ1n) is 8.55. The van der Waals surface area contributed by atoms with Crippen LogP contribution in [-0.2, 0) is 4.74 Å². The number of anilines is 2. The third-order valence-electron chi connectivity index (χ3n) is 4.53. The molecule has 2 aromatic carbocycles. The molecule has 0 unspecified atom stereocenters. The molecular formula is C18H18N4O6. The van der Waals surface area contributed by atoms with Crippen molar-refractivity contribution in [3.8, 4) is 0 Å². The lowest BCUT2D eigenvalue weighted by molar-refractivity contribution is -0.385. The first-order chi connectivity index (χ1) is 13.4. The van der Waals surface area contributed by atoms with Crippen molar-refractivity contribution in [2.24, 2.45) is 0 Å². The Hall–Kier alpha value is -3.53. The Kier molecular flexibility index (Phi) is 5.50. The maximum Gasteiger partial charge on any atom is 0.294 e. The molecule has 1 aliphatic heterocycles. The van der Waals surface area contributed by atoms with E-state index in [2.05, 4.69) is 5.32 Å². The van der Waals surface area contributed by atoms with Crippen LogP contribution in [0.25, 0.3) is 0 Å². The van der Waals surface area contributed by atoms with Crippen LogP contribution in [0.3, 0.4) is 0 Å². The highest BCUT2D eigenvalue weighted by molar-refractivity contribution is 6.06. The van der Waals surface area contributed by atoms with E-state index in [1.54, 1.807) is 12.1 Å². The van der Waals surface area contributed by atoms with Gasteiger partial charge in [-0.2, -0.15) is 0 Å². The molecule has 0 bridgehead atoms. The molecule has 1 heterocycles. The highest BCUT2D eigenvalue weighted by Gasteiger charge is 2.23. The van der Waals surface area contributed by atoms with Gasteiger partial charge in [-0.25, -0.2) is 0 Å². The largest absolute Gasteiger partial charge is 0.378 e. The Balaban J connectivity index is 1.87. The van der Waals surface area contributed by atoms with E-state index in [1.165, 1.54) is 31.2 Å². The molecule has 0 saturated carbocycles. The number of nitrogens with zero attached hydrogens (tertiary/aromatic N) is 3. The van der Waals surface area contributed by atoms with Crippen LogP contribution in [0.1, 0.15) is 15.9 Å². The molecule has 28 heavy (non-hydrogen) atoms. The minimum Gasteiger partial charge on any atom is -0.378 e. The maximum atomic E-state index is 12.5. The Morgan fingerprint density at radius 1 is 1.07 bits per heavy atom. The van der Waals surface area contributed by atoms with E-state index >= 15 is 0 Å². The van der Waals surface area contributed by atoms with Crippen molar-refractivity contribution in [1.82, 2.24) is 0 Å². The van der Waals surface area contributed by atoms with Crippen molar-refractivity contribution in [2.75, 3.05) is 36.5 Å². The standard InChI is InChI=1S/C18H18N4O6/c1-12-14(3-2-4-15(12)21(24)25)18(23)19-13-5-6-16(17(11-13)22(26)27)20-7-9-28-10-8-20/h2-6,11H,7-10H2,1H3,(H,19,23). The van der Waals surface area contributed by atoms with E-state index in [0.717, 1.165) is 0 Å². The molecule has 0 radical (unpaired) electrons. The lowest BCUT2D eigenvalue weighted by atomic mass is 10.1. The molecule has 0 aromatic heterocycles. The van der Waals surface area contributed by atoms with Gasteiger partial charge in [0.15, 0.2) is 0 Å². The number of nitro groups is 2. The van der Waals surface area contributed by atoms with Crippen molar-refractivity contribution in [3.63, 3.8) is 0 Å². The van der Waals surface area contributed by atoms with Crippen LogP contribution in [0.4, 0.5) is 22.7 Å². The predicted molar refractivity (Wildman–Crippen MR) is 102 cm³/mol. The zero-order chi connectivity index (χ0) is 20.3. The number of hydrogen-bond acceptors (Lipinski definition) is 7. The fourth-order valence-electron chi connectivity index (χ4n) is 3.08. The van der Waals surface area contributed by atoms with Gasteiger partial charge < -0.3 is 15.0 Å². The Labute approximate surface area is 160 Å². The third kappa shape index (κ3) is 3.91. The third-order valence-corrected chi connectivity index (χ3v) is 4.53. The molecule has 0 spiro atoms. The van der Waals surface area contributed by atoms with Crippen molar-refractivity contribution >= 4 is 28.7 Å². The van der Waals surface area contributed by atoms with Crippen LogP contribution in [-0.4, -0.2) is 42.1 Å². The first kappa shape index (κ1) is 19.2. The maximum absolute atomic E-state index is 12.5. The molecular weight excluding hydrogens is 368 g/mol. The van der Waals surface area contributed by atoms with Gasteiger partial charge in [0.05, 0.1) is 23.1 Å². The van der Waals surface area contributed by atoms with Crippen LogP contribution >= 0.6 is 0 Å². The van der Waals surface area contributed by atoms with E-state index in [9.17, 15) is 25.0 Å². The van der Waals surface area contributed by atoms with Gasteiger partial charge in [-0.05, 0) is 25.1 Å². The number of nitro benzene ring substituents is 2. The predicted octanol–water partition coefficient (Wildman–Crippen LogP) is 2.90. The Bertz CT molecular complexity index is 940. The smallest absolute Gasteiger partial charge is 0.294 e. The fraction of sp³-hybridized carbons (Fsp3) is 0.278. The van der Waals surface area contributed by atoms with E-state index < -0.39 is 15.8 Å². The number of amides is 1. The van der Waals surface area contributed by atoms with Crippen LogP contribution in [0.2, 0.25) is 0 Å². The number of benzene rings is 2. The summed E-state index contributed by atoms with van der Waals surface area (Å²) in [5.74, 6) is -0.574. The monoisotopic (exact) mass is 386 g/mol. The van der Waals surface area contributed by atoms with Gasteiger partial charge in [-0.1, -0.05) is 6.07 Å². The number of carbonyl (C=O) groups excluding carboxylic acids is 1. The summed E-state index contributed by atoms with van der Waals surface area (Å²) in [7, 11) is 0. The topological polar surface area (TPSA) is 128 Å². The number of carbonyl (C=O) groups is 1. The van der Waals surface area contributed by atoms with Crippen molar-refractivity contribution in [3.05, 3.63) is 67.8 Å². The average Bonchev–Trinajstić information content (AvgIpc) is 2.68. The van der Waals surface area contributed by atoms with E-state index in [-0.39, 0.29) is 28.2 Å². The van der Waals surface area contributed by atoms with Crippen LogP contribution in [0, 0.1) is 27.2 Å². The van der Waals surface area contributed by atoms with Gasteiger partial charge in [0.2, 0.25) is 0 Å². The summed E-state index contributed by atoms with van der Waals surface area (Å²) >= 11 is 0. The normalized spacial score (nSPS) is 13.8. The van der Waals surface area contributed by atoms with Gasteiger partial charge >= 0.3 is 0 Å². The molecule has 0 atom stereocenters. The first-order valence-corrected chi connectivity index (χ1v) is 8.55. The number of morpholine rings is 1. The molecule has 1 saturated heterocycles. The summed E-state index contributed by atoms with van der Waals surface area (Å²) in [6.45, 7) is 3.54. The van der Waals surface area contributed by atoms with Crippen LogP contribution in [0.15, 0.2) is 36.4 Å². The SMILES string of the molecule is Cc1c(C(=O)Nc2ccc(N3CCOCC3)c([N+](=O)[O-])c2)cccc1[N+](=O)[O-]. The van der Waals surface area contributed by atoms with Gasteiger partial charge in [-0.3, -0.25) is 25.0 Å². The second-order valence-electron chi connectivity index (χ2n) is 6.22. The molecule has 2 aromatic rings. The number of rotatable bonds is 5. The lowest BCUT2D eigenvalue weighted by Crippen LogP contribution is -2.36. The number of ether oxygens (including phenoxy) is 1. The molecule has 1 aliphatic rings. The van der Waals surface area contributed by atoms with Gasteiger partial charge in [-0.15, -0.1) is 0 Å². The number of nitrogens with one attached hydrogen (secondary N) is 1. The van der Waals surface area contributed by atoms with Crippen LogP contribution < -0.4 is 10.2 Å². The Morgan fingerprint density at radius 3 is 2.39 bits per heavy atom. The zero-order valence-corrected chi connectivity index (χ0v) is 15.1.